The van der Waals surface area contributed by atoms with Crippen LogP contribution in [-0.4, -0.2) is 0 Å². The van der Waals surface area contributed by atoms with Crippen LogP contribution in [0.15, 0.2) is 99.6 Å². The molecule has 6 rings (SSSR count). The molecule has 140 valence electrons. The summed E-state index contributed by atoms with van der Waals surface area (Å²) in [5.74, 6) is 1.81. The summed E-state index contributed by atoms with van der Waals surface area (Å²) in [5.41, 5.74) is 5.78. The highest BCUT2D eigenvalue weighted by Gasteiger charge is 2.49. The summed E-state index contributed by atoms with van der Waals surface area (Å²) in [5, 5.41) is 0. The Labute approximate surface area is 180 Å². The van der Waals surface area contributed by atoms with E-state index < -0.39 is 5.41 Å². The molecule has 0 fully saturated rings. The van der Waals surface area contributed by atoms with Gasteiger partial charge in [0, 0.05) is 25.8 Å². The van der Waals surface area contributed by atoms with Gasteiger partial charge in [-0.2, -0.15) is 0 Å². The minimum absolute atomic E-state index is 0.406. The Morgan fingerprint density at radius 2 is 1.28 bits per heavy atom. The maximum Gasteiger partial charge on any atom is 0.133 e. The molecule has 0 bridgehead atoms. The fraction of sp³-hybridized carbons (Fsp3) is 0.0769. The summed E-state index contributed by atoms with van der Waals surface area (Å²) in [6.07, 6.45) is 0. The van der Waals surface area contributed by atoms with Crippen molar-refractivity contribution in [3.8, 4) is 11.5 Å². The van der Waals surface area contributed by atoms with Crippen LogP contribution in [0.3, 0.4) is 0 Å². The Kier molecular flexibility index (Phi) is 3.68. The van der Waals surface area contributed by atoms with E-state index in [2.05, 4.69) is 98.4 Å². The number of fused-ring (bicyclic) bond motifs is 8. The van der Waals surface area contributed by atoms with Gasteiger partial charge in [0.25, 0.3) is 0 Å². The van der Waals surface area contributed by atoms with Gasteiger partial charge in [0.2, 0.25) is 0 Å². The van der Waals surface area contributed by atoms with Crippen molar-refractivity contribution in [3.63, 3.8) is 0 Å². The number of aryl methyl sites for hydroxylation is 1. The van der Waals surface area contributed by atoms with E-state index >= 15 is 0 Å². The van der Waals surface area contributed by atoms with Gasteiger partial charge in [0.05, 0.1) is 5.41 Å². The third-order valence-electron chi connectivity index (χ3n) is 5.93. The van der Waals surface area contributed by atoms with Crippen molar-refractivity contribution >= 4 is 24.4 Å². The zero-order valence-corrected chi connectivity index (χ0v) is 17.6. The zero-order valence-electron chi connectivity index (χ0n) is 15.8. The van der Waals surface area contributed by atoms with Crippen LogP contribution in [0.1, 0.15) is 27.8 Å². The van der Waals surface area contributed by atoms with Gasteiger partial charge in [-0.1, -0.05) is 66.4 Å². The van der Waals surface area contributed by atoms with Crippen LogP contribution in [0, 0.1) is 6.92 Å². The molecule has 1 spiro atoms. The summed E-state index contributed by atoms with van der Waals surface area (Å²) >= 11 is 6.44. The first-order valence-electron chi connectivity index (χ1n) is 9.67. The normalized spacial score (nSPS) is 15.0. The lowest BCUT2D eigenvalue weighted by molar-refractivity contribution is 0.429. The van der Waals surface area contributed by atoms with E-state index in [-0.39, 0.29) is 0 Å². The second-order valence-corrected chi connectivity index (χ2v) is 9.23. The SMILES string of the molecule is Cc1ccc2c(c1)Oc1cc(S)ccc1C21c2ccccc2Sc2ccccc21. The molecule has 4 aromatic carbocycles. The van der Waals surface area contributed by atoms with E-state index in [9.17, 15) is 0 Å². The van der Waals surface area contributed by atoms with Crippen LogP contribution in [-0.2, 0) is 5.41 Å². The lowest BCUT2D eigenvalue weighted by Crippen LogP contribution is -2.36. The summed E-state index contributed by atoms with van der Waals surface area (Å²) < 4.78 is 6.44. The number of hydrogen-bond donors (Lipinski definition) is 1. The van der Waals surface area contributed by atoms with E-state index in [1.807, 2.05) is 17.8 Å². The summed E-state index contributed by atoms with van der Waals surface area (Å²) in [6, 6.07) is 30.4. The Bertz CT molecular complexity index is 1190. The summed E-state index contributed by atoms with van der Waals surface area (Å²) in [4.78, 5) is 3.49. The Morgan fingerprint density at radius 3 is 1.97 bits per heavy atom. The molecular formula is C26H18OS2. The molecule has 0 saturated carbocycles. The molecule has 29 heavy (non-hydrogen) atoms. The third-order valence-corrected chi connectivity index (χ3v) is 7.36. The Balaban J connectivity index is 1.84. The average molecular weight is 411 g/mol. The number of rotatable bonds is 0. The molecule has 0 aliphatic carbocycles. The standard InChI is InChI=1S/C26H18OS2/c1-16-10-12-18-22(14-16)27-23-15-17(28)11-13-19(23)26(18)20-6-2-4-8-24(20)29-25-9-5-3-7-21(25)26/h2-15,28H,1H3. The minimum atomic E-state index is -0.406. The van der Waals surface area contributed by atoms with Crippen molar-refractivity contribution in [2.45, 2.75) is 27.0 Å². The Morgan fingerprint density at radius 1 is 0.690 bits per heavy atom. The first-order chi connectivity index (χ1) is 14.2. The highest BCUT2D eigenvalue weighted by atomic mass is 32.2. The van der Waals surface area contributed by atoms with Crippen molar-refractivity contribution < 1.29 is 4.74 Å². The second kappa shape index (κ2) is 6.19. The van der Waals surface area contributed by atoms with Crippen LogP contribution in [0.4, 0.5) is 0 Å². The van der Waals surface area contributed by atoms with Crippen molar-refractivity contribution in [2.75, 3.05) is 0 Å². The van der Waals surface area contributed by atoms with E-state index in [1.165, 1.54) is 37.6 Å². The van der Waals surface area contributed by atoms with Crippen molar-refractivity contribution in [1.29, 1.82) is 0 Å². The number of ether oxygens (including phenoxy) is 1. The number of thiol groups is 1. The molecule has 2 aliphatic rings. The van der Waals surface area contributed by atoms with Crippen LogP contribution in [0.5, 0.6) is 11.5 Å². The van der Waals surface area contributed by atoms with Crippen LogP contribution in [0.2, 0.25) is 0 Å². The second-order valence-electron chi connectivity index (χ2n) is 7.63. The van der Waals surface area contributed by atoms with E-state index in [4.69, 9.17) is 4.74 Å². The molecule has 0 amide bonds. The van der Waals surface area contributed by atoms with Gasteiger partial charge < -0.3 is 4.74 Å². The molecule has 2 aliphatic heterocycles. The first kappa shape index (κ1) is 17.3. The predicted molar refractivity (Wildman–Crippen MR) is 121 cm³/mol. The van der Waals surface area contributed by atoms with Gasteiger partial charge >= 0.3 is 0 Å². The van der Waals surface area contributed by atoms with Crippen LogP contribution < -0.4 is 4.74 Å². The highest BCUT2D eigenvalue weighted by Crippen LogP contribution is 2.61. The number of hydrogen-bond acceptors (Lipinski definition) is 3. The highest BCUT2D eigenvalue weighted by molar-refractivity contribution is 7.99. The third kappa shape index (κ3) is 2.32. The first-order valence-corrected chi connectivity index (χ1v) is 10.9. The summed E-state index contributed by atoms with van der Waals surface area (Å²) in [6.45, 7) is 2.11. The summed E-state index contributed by atoms with van der Waals surface area (Å²) in [7, 11) is 0. The van der Waals surface area contributed by atoms with Crippen LogP contribution in [0.25, 0.3) is 0 Å². The molecule has 1 nitrogen and oxygen atoms in total. The smallest absolute Gasteiger partial charge is 0.133 e. The van der Waals surface area contributed by atoms with Gasteiger partial charge in [-0.15, -0.1) is 12.6 Å². The van der Waals surface area contributed by atoms with Crippen molar-refractivity contribution in [1.82, 2.24) is 0 Å². The van der Waals surface area contributed by atoms with Gasteiger partial charge in [-0.05, 0) is 53.9 Å². The molecule has 2 heterocycles. The molecule has 0 radical (unpaired) electrons. The largest absolute Gasteiger partial charge is 0.457 e. The van der Waals surface area contributed by atoms with Gasteiger partial charge in [0.1, 0.15) is 11.5 Å². The lowest BCUT2D eigenvalue weighted by Gasteiger charge is -2.45. The van der Waals surface area contributed by atoms with Crippen molar-refractivity contribution in [2.24, 2.45) is 0 Å². The van der Waals surface area contributed by atoms with E-state index in [1.54, 1.807) is 0 Å². The molecule has 0 atom stereocenters. The van der Waals surface area contributed by atoms with Crippen LogP contribution >= 0.6 is 24.4 Å². The van der Waals surface area contributed by atoms with E-state index in [0.717, 1.165) is 16.4 Å². The minimum Gasteiger partial charge on any atom is -0.457 e. The number of benzene rings is 4. The van der Waals surface area contributed by atoms with Gasteiger partial charge in [-0.3, -0.25) is 0 Å². The predicted octanol–water partition coefficient (Wildman–Crippen LogP) is 7.24. The monoisotopic (exact) mass is 410 g/mol. The quantitative estimate of drug-likeness (QED) is 0.264. The van der Waals surface area contributed by atoms with Crippen molar-refractivity contribution in [3.05, 3.63) is 113 Å². The molecular weight excluding hydrogens is 392 g/mol. The topological polar surface area (TPSA) is 9.23 Å². The molecule has 0 N–H and O–H groups in total. The molecule has 0 aromatic heterocycles. The van der Waals surface area contributed by atoms with E-state index in [0.29, 0.717) is 0 Å². The Hall–Kier alpha value is -2.62. The zero-order chi connectivity index (χ0) is 19.6. The maximum absolute atomic E-state index is 6.44. The molecule has 3 heteroatoms. The molecule has 0 saturated heterocycles. The molecule has 0 unspecified atom stereocenters. The maximum atomic E-state index is 6.44. The van der Waals surface area contributed by atoms with Gasteiger partial charge in [-0.25, -0.2) is 0 Å². The average Bonchev–Trinajstić information content (AvgIpc) is 2.73. The molecule has 4 aromatic rings. The fourth-order valence-electron chi connectivity index (χ4n) is 4.77. The lowest BCUT2D eigenvalue weighted by atomic mass is 9.63. The fourth-order valence-corrected chi connectivity index (χ4v) is 6.15. The van der Waals surface area contributed by atoms with Gasteiger partial charge in [0.15, 0.2) is 0 Å².